The van der Waals surface area contributed by atoms with Crippen molar-refractivity contribution >= 4 is 34.8 Å². The van der Waals surface area contributed by atoms with E-state index in [9.17, 15) is 29.4 Å². The first-order chi connectivity index (χ1) is 19.9. The van der Waals surface area contributed by atoms with Crippen LogP contribution >= 0.6 is 0 Å². The van der Waals surface area contributed by atoms with E-state index in [0.29, 0.717) is 28.8 Å². The number of ketones is 1. The number of aryl methyl sites for hydroxylation is 1. The smallest absolute Gasteiger partial charge is 0.352 e. The van der Waals surface area contributed by atoms with Crippen molar-refractivity contribution in [2.75, 3.05) is 45.8 Å². The van der Waals surface area contributed by atoms with Crippen molar-refractivity contribution in [2.45, 2.75) is 32.9 Å². The quantitative estimate of drug-likeness (QED) is 0.302. The average Bonchev–Trinajstić information content (AvgIpc) is 3.37. The van der Waals surface area contributed by atoms with Crippen molar-refractivity contribution < 1.29 is 33.9 Å². The zero-order valence-electron chi connectivity index (χ0n) is 24.1. The summed E-state index contributed by atoms with van der Waals surface area (Å²) < 4.78 is 1.54. The number of carboxylic acids is 1. The summed E-state index contributed by atoms with van der Waals surface area (Å²) in [6, 6.07) is 9.52. The highest BCUT2D eigenvalue weighted by Crippen LogP contribution is 2.52. The third-order valence-corrected chi connectivity index (χ3v) is 10.8. The number of piperazine rings is 3. The van der Waals surface area contributed by atoms with Crippen LogP contribution in [-0.4, -0.2) is 101 Å². The largest absolute Gasteiger partial charge is 0.477 e. The standard InChI is InChI=1S/C32H34N4O6/c1-16-12-19(26-17(2)28-27(18(3)37)31(40)34(28)29(26)32(41)42)13-22-21-5-4-20(14-23(21)30(39)25(16)22)36-9-6-35(7-10-36,8-11-36)15-24(33)38/h4-5,12-14,17-18,27-28,37H,6-11,15H2,1-3H3,(H-2,33,38,41,42)/p+2/t17-,18+,27+,28+,35?,36?/m0/s1. The van der Waals surface area contributed by atoms with Crippen LogP contribution in [0.2, 0.25) is 0 Å². The molecular formula is C32H36N4O6+2. The fraction of sp³-hybridized carbons (Fsp3) is 0.438. The monoisotopic (exact) mass is 572 g/mol. The molecule has 2 aromatic rings. The van der Waals surface area contributed by atoms with E-state index in [0.717, 1.165) is 70.6 Å². The van der Waals surface area contributed by atoms with Gasteiger partial charge in [0.25, 0.3) is 5.91 Å². The molecule has 4 saturated heterocycles. The van der Waals surface area contributed by atoms with Crippen LogP contribution in [0, 0.1) is 18.8 Å². The van der Waals surface area contributed by atoms with E-state index in [1.807, 2.05) is 38.1 Å². The highest BCUT2D eigenvalue weighted by atomic mass is 16.4. The van der Waals surface area contributed by atoms with Crippen LogP contribution in [0.25, 0.3) is 16.7 Å². The van der Waals surface area contributed by atoms with Crippen LogP contribution in [0.1, 0.15) is 40.9 Å². The molecule has 0 spiro atoms. The van der Waals surface area contributed by atoms with Gasteiger partial charge in [-0.15, -0.1) is 0 Å². The molecule has 0 aromatic heterocycles. The Labute approximate surface area is 243 Å². The SMILES string of the molecule is Cc1cc(C2=C(C(=O)O)N3C(=O)[C@H]([C@@H](C)O)[C@H]3[C@H]2C)cc2c1C(=O)c1cc([N+]34CC[N+](CC(N)=O)(CC3)CC4)ccc1-2. The molecule has 2 aromatic carbocycles. The van der Waals surface area contributed by atoms with Gasteiger partial charge in [-0.2, -0.15) is 0 Å². The summed E-state index contributed by atoms with van der Waals surface area (Å²) >= 11 is 0. The van der Waals surface area contributed by atoms with Crippen LogP contribution in [-0.2, 0) is 14.4 Å². The van der Waals surface area contributed by atoms with Gasteiger partial charge in [-0.3, -0.25) is 18.9 Å². The number of benzene rings is 2. The highest BCUT2D eigenvalue weighted by molar-refractivity contribution is 6.23. The van der Waals surface area contributed by atoms with Gasteiger partial charge in [0.15, 0.2) is 12.3 Å². The lowest BCUT2D eigenvalue weighted by Gasteiger charge is -2.54. The first-order valence-corrected chi connectivity index (χ1v) is 14.7. The second-order valence-corrected chi connectivity index (χ2v) is 13.0. The Balaban J connectivity index is 1.27. The van der Waals surface area contributed by atoms with Gasteiger partial charge in [0.1, 0.15) is 50.7 Å². The van der Waals surface area contributed by atoms with Crippen LogP contribution in [0.3, 0.4) is 0 Å². The minimum Gasteiger partial charge on any atom is -0.477 e. The first kappa shape index (κ1) is 27.0. The van der Waals surface area contributed by atoms with E-state index in [4.69, 9.17) is 5.73 Å². The number of carboxylic acid groups (broad SMARTS) is 1. The number of nitrogens with two attached hydrogens (primary N) is 1. The molecule has 2 amide bonds. The zero-order chi connectivity index (χ0) is 29.9. The number of β-lactam (4-membered cyclic amide) rings is 1. The van der Waals surface area contributed by atoms with E-state index in [2.05, 4.69) is 6.07 Å². The summed E-state index contributed by atoms with van der Waals surface area (Å²) in [6.45, 7) is 11.0. The van der Waals surface area contributed by atoms with E-state index < -0.39 is 24.0 Å². The van der Waals surface area contributed by atoms with E-state index in [1.54, 1.807) is 6.92 Å². The number of aliphatic hydroxyl groups excluding tert-OH is 1. The molecule has 1 aliphatic carbocycles. The minimum atomic E-state index is -1.17. The van der Waals surface area contributed by atoms with Crippen LogP contribution in [0.4, 0.5) is 5.69 Å². The molecule has 10 nitrogen and oxygen atoms in total. The molecule has 0 saturated carbocycles. The molecule has 2 bridgehead atoms. The Morgan fingerprint density at radius 1 is 1.02 bits per heavy atom. The maximum absolute atomic E-state index is 13.8. The summed E-state index contributed by atoms with van der Waals surface area (Å²) in [5, 5.41) is 20.4. The maximum atomic E-state index is 13.8. The van der Waals surface area contributed by atoms with E-state index in [1.165, 1.54) is 4.90 Å². The number of rotatable bonds is 6. The molecule has 5 aliphatic heterocycles. The number of fused-ring (bicyclic) bond motifs is 7. The topological polar surface area (TPSA) is 138 Å². The summed E-state index contributed by atoms with van der Waals surface area (Å²) in [4.78, 5) is 52.1. The lowest BCUT2D eigenvalue weighted by Crippen LogP contribution is -2.76. The number of aliphatic hydroxyl groups is 1. The normalized spacial score (nSPS) is 31.5. The number of hydrogen-bond donors (Lipinski definition) is 3. The number of quaternary nitrogens is 2. The molecule has 4 N–H and O–H groups in total. The number of hydrogen-bond acceptors (Lipinski definition) is 5. The molecular weight excluding hydrogens is 536 g/mol. The van der Waals surface area contributed by atoms with Crippen LogP contribution < -0.4 is 10.2 Å². The number of nitrogens with zero attached hydrogens (tertiary/aromatic N) is 3. The number of amides is 2. The Morgan fingerprint density at radius 2 is 1.69 bits per heavy atom. The molecule has 42 heavy (non-hydrogen) atoms. The molecule has 8 rings (SSSR count). The Morgan fingerprint density at radius 3 is 2.29 bits per heavy atom. The number of aliphatic carboxylic acids is 1. The van der Waals surface area contributed by atoms with E-state index >= 15 is 0 Å². The predicted octanol–water partition coefficient (Wildman–Crippen LogP) is 1.50. The third-order valence-electron chi connectivity index (χ3n) is 10.8. The summed E-state index contributed by atoms with van der Waals surface area (Å²) in [6.07, 6.45) is -0.874. The third kappa shape index (κ3) is 3.49. The second-order valence-electron chi connectivity index (χ2n) is 13.0. The molecule has 6 aliphatic rings. The summed E-state index contributed by atoms with van der Waals surface area (Å²) in [7, 11) is 0. The average molecular weight is 573 g/mol. The van der Waals surface area contributed by atoms with Gasteiger partial charge in [-0.1, -0.05) is 13.0 Å². The molecule has 0 unspecified atom stereocenters. The van der Waals surface area contributed by atoms with Gasteiger partial charge in [-0.05, 0) is 59.9 Å². The zero-order valence-corrected chi connectivity index (χ0v) is 24.1. The lowest BCUT2D eigenvalue weighted by molar-refractivity contribution is -0.932. The summed E-state index contributed by atoms with van der Waals surface area (Å²) in [5.74, 6) is -2.76. The molecule has 218 valence electrons. The first-order valence-electron chi connectivity index (χ1n) is 14.7. The maximum Gasteiger partial charge on any atom is 0.352 e. The van der Waals surface area contributed by atoms with Crippen LogP contribution in [0.5, 0.6) is 0 Å². The van der Waals surface area contributed by atoms with Gasteiger partial charge >= 0.3 is 5.97 Å². The van der Waals surface area contributed by atoms with Gasteiger partial charge < -0.3 is 25.3 Å². The van der Waals surface area contributed by atoms with Crippen molar-refractivity contribution in [1.29, 1.82) is 0 Å². The molecule has 5 heterocycles. The lowest BCUT2D eigenvalue weighted by atomic mass is 9.76. The van der Waals surface area contributed by atoms with Gasteiger partial charge in [0, 0.05) is 23.1 Å². The van der Waals surface area contributed by atoms with Crippen molar-refractivity contribution in [3.8, 4) is 11.1 Å². The van der Waals surface area contributed by atoms with Gasteiger partial charge in [0.05, 0.1) is 18.1 Å². The molecule has 4 fully saturated rings. The molecule has 10 heteroatoms. The predicted molar refractivity (Wildman–Crippen MR) is 155 cm³/mol. The Bertz CT molecular complexity index is 1630. The highest BCUT2D eigenvalue weighted by Gasteiger charge is 2.60. The van der Waals surface area contributed by atoms with E-state index in [-0.39, 0.29) is 29.2 Å². The number of carbonyl (C=O) groups excluding carboxylic acids is 3. The summed E-state index contributed by atoms with van der Waals surface area (Å²) in [5.41, 5.74) is 11.5. The minimum absolute atomic E-state index is 0.0305. The molecule has 0 radical (unpaired) electrons. The molecule has 4 atom stereocenters. The fourth-order valence-electron chi connectivity index (χ4n) is 8.63. The second kappa shape index (κ2) is 8.82. The number of primary amides is 1. The van der Waals surface area contributed by atoms with Crippen LogP contribution in [0.15, 0.2) is 36.0 Å². The van der Waals surface area contributed by atoms with Crippen molar-refractivity contribution in [1.82, 2.24) is 9.38 Å². The van der Waals surface area contributed by atoms with Crippen molar-refractivity contribution in [3.05, 3.63) is 58.3 Å². The van der Waals surface area contributed by atoms with Gasteiger partial charge in [0.2, 0.25) is 5.91 Å². The van der Waals surface area contributed by atoms with Crippen molar-refractivity contribution in [3.63, 3.8) is 0 Å². The Kier molecular flexibility index (Phi) is 5.67. The van der Waals surface area contributed by atoms with Crippen molar-refractivity contribution in [2.24, 2.45) is 17.6 Å². The number of carbonyl (C=O) groups is 4. The van der Waals surface area contributed by atoms with Gasteiger partial charge in [-0.25, -0.2) is 4.79 Å². The Hall–Kier alpha value is -3.86. The fourth-order valence-corrected chi connectivity index (χ4v) is 8.63.